The molecule has 0 aliphatic carbocycles. The molecular weight excluding hydrogens is 266 g/mol. The second-order valence-electron chi connectivity index (χ2n) is 6.37. The first-order chi connectivity index (χ1) is 9.90. The Balaban J connectivity index is 2.01. The van der Waals surface area contributed by atoms with Gasteiger partial charge in [0.2, 0.25) is 5.91 Å². The molecular formula is C16H27N3O2. The third-order valence-electron chi connectivity index (χ3n) is 4.27. The summed E-state index contributed by atoms with van der Waals surface area (Å²) < 4.78 is 7.38. The Labute approximate surface area is 127 Å². The number of hydrogen-bond donors (Lipinski definition) is 0. The van der Waals surface area contributed by atoms with Crippen molar-refractivity contribution in [2.24, 2.45) is 5.92 Å². The highest BCUT2D eigenvalue weighted by Crippen LogP contribution is 2.21. The predicted octanol–water partition coefficient (Wildman–Crippen LogP) is 2.47. The van der Waals surface area contributed by atoms with E-state index >= 15 is 0 Å². The molecule has 1 saturated heterocycles. The zero-order chi connectivity index (χ0) is 15.6. The first kappa shape index (κ1) is 16.0. The second kappa shape index (κ2) is 6.60. The van der Waals surface area contributed by atoms with E-state index in [1.807, 2.05) is 23.6 Å². The summed E-state index contributed by atoms with van der Waals surface area (Å²) in [4.78, 5) is 14.1. The first-order valence-electron chi connectivity index (χ1n) is 7.76. The standard InChI is InChI=1S/C16H27N3O2/c1-11(2)19-13(4)15(12(3)17-19)9-18(5)16(20)8-14-6-7-21-10-14/h11,14H,6-10H2,1-5H3. The number of carbonyl (C=O) groups excluding carboxylic acids is 1. The van der Waals surface area contributed by atoms with E-state index in [9.17, 15) is 4.79 Å². The maximum Gasteiger partial charge on any atom is 0.222 e. The van der Waals surface area contributed by atoms with Gasteiger partial charge in [0.05, 0.1) is 5.69 Å². The summed E-state index contributed by atoms with van der Waals surface area (Å²) in [5.74, 6) is 0.585. The van der Waals surface area contributed by atoms with Gasteiger partial charge in [-0.25, -0.2) is 0 Å². The normalized spacial score (nSPS) is 18.5. The van der Waals surface area contributed by atoms with Gasteiger partial charge < -0.3 is 9.64 Å². The molecule has 2 rings (SSSR count). The Morgan fingerprint density at radius 1 is 1.48 bits per heavy atom. The number of aromatic nitrogens is 2. The molecule has 5 heteroatoms. The Morgan fingerprint density at radius 3 is 2.71 bits per heavy atom. The number of carbonyl (C=O) groups is 1. The second-order valence-corrected chi connectivity index (χ2v) is 6.37. The third-order valence-corrected chi connectivity index (χ3v) is 4.27. The van der Waals surface area contributed by atoms with Crippen LogP contribution in [0.5, 0.6) is 0 Å². The van der Waals surface area contributed by atoms with Gasteiger partial charge in [-0.2, -0.15) is 5.10 Å². The van der Waals surface area contributed by atoms with Crippen LogP contribution in [-0.2, 0) is 16.1 Å². The average molecular weight is 293 g/mol. The van der Waals surface area contributed by atoms with Gasteiger partial charge >= 0.3 is 0 Å². The molecule has 0 radical (unpaired) electrons. The molecule has 5 nitrogen and oxygen atoms in total. The fraction of sp³-hybridized carbons (Fsp3) is 0.750. The van der Waals surface area contributed by atoms with Crippen LogP contribution in [0.2, 0.25) is 0 Å². The van der Waals surface area contributed by atoms with Crippen molar-refractivity contribution in [3.63, 3.8) is 0 Å². The van der Waals surface area contributed by atoms with Crippen LogP contribution in [0.15, 0.2) is 0 Å². The molecule has 1 aliphatic rings. The van der Waals surface area contributed by atoms with Crippen LogP contribution in [0, 0.1) is 19.8 Å². The molecule has 1 aromatic rings. The maximum atomic E-state index is 12.3. The van der Waals surface area contributed by atoms with Crippen molar-refractivity contribution >= 4 is 5.91 Å². The van der Waals surface area contributed by atoms with Crippen molar-refractivity contribution in [2.75, 3.05) is 20.3 Å². The van der Waals surface area contributed by atoms with Gasteiger partial charge in [0.15, 0.2) is 0 Å². The topological polar surface area (TPSA) is 47.4 Å². The van der Waals surface area contributed by atoms with E-state index in [1.165, 1.54) is 5.56 Å². The molecule has 1 atom stereocenters. The van der Waals surface area contributed by atoms with Crippen LogP contribution in [0.4, 0.5) is 0 Å². The summed E-state index contributed by atoms with van der Waals surface area (Å²) in [7, 11) is 1.88. The molecule has 1 amide bonds. The number of nitrogens with zero attached hydrogens (tertiary/aromatic N) is 3. The Hall–Kier alpha value is -1.36. The highest BCUT2D eigenvalue weighted by molar-refractivity contribution is 5.76. The van der Waals surface area contributed by atoms with Gasteiger partial charge in [-0.05, 0) is 40.0 Å². The average Bonchev–Trinajstić information content (AvgIpc) is 3.01. The van der Waals surface area contributed by atoms with E-state index in [2.05, 4.69) is 25.9 Å². The van der Waals surface area contributed by atoms with E-state index in [0.717, 1.165) is 31.0 Å². The van der Waals surface area contributed by atoms with E-state index in [-0.39, 0.29) is 5.91 Å². The molecule has 0 saturated carbocycles. The molecule has 2 heterocycles. The first-order valence-corrected chi connectivity index (χ1v) is 7.76. The SMILES string of the molecule is Cc1nn(C(C)C)c(C)c1CN(C)C(=O)CC1CCOC1. The highest BCUT2D eigenvalue weighted by Gasteiger charge is 2.22. The van der Waals surface area contributed by atoms with Crippen molar-refractivity contribution < 1.29 is 9.53 Å². The summed E-state index contributed by atoms with van der Waals surface area (Å²) in [6.45, 7) is 10.5. The fourth-order valence-electron chi connectivity index (χ4n) is 2.90. The summed E-state index contributed by atoms with van der Waals surface area (Å²) in [6, 6.07) is 0.342. The van der Waals surface area contributed by atoms with Crippen LogP contribution in [-0.4, -0.2) is 40.8 Å². The minimum absolute atomic E-state index is 0.196. The lowest BCUT2D eigenvalue weighted by molar-refractivity contribution is -0.131. The molecule has 0 N–H and O–H groups in total. The molecule has 1 aromatic heterocycles. The summed E-state index contributed by atoms with van der Waals surface area (Å²) in [5, 5.41) is 4.58. The van der Waals surface area contributed by atoms with Crippen molar-refractivity contribution in [1.29, 1.82) is 0 Å². The molecule has 21 heavy (non-hydrogen) atoms. The molecule has 118 valence electrons. The summed E-state index contributed by atoms with van der Waals surface area (Å²) >= 11 is 0. The molecule has 1 unspecified atom stereocenters. The van der Waals surface area contributed by atoms with Crippen molar-refractivity contribution in [1.82, 2.24) is 14.7 Å². The monoisotopic (exact) mass is 293 g/mol. The third kappa shape index (κ3) is 3.64. The van der Waals surface area contributed by atoms with Gasteiger partial charge in [0.1, 0.15) is 0 Å². The van der Waals surface area contributed by atoms with Gasteiger partial charge in [-0.1, -0.05) is 0 Å². The summed E-state index contributed by atoms with van der Waals surface area (Å²) in [6.07, 6.45) is 1.59. The van der Waals surface area contributed by atoms with Crippen LogP contribution in [0.3, 0.4) is 0 Å². The van der Waals surface area contributed by atoms with Crippen LogP contribution in [0.1, 0.15) is 49.7 Å². The lowest BCUT2D eigenvalue weighted by Crippen LogP contribution is -2.28. The van der Waals surface area contributed by atoms with E-state index in [4.69, 9.17) is 4.74 Å². The van der Waals surface area contributed by atoms with Crippen molar-refractivity contribution in [2.45, 2.75) is 53.1 Å². The minimum atomic E-state index is 0.196. The van der Waals surface area contributed by atoms with Crippen LogP contribution in [0.25, 0.3) is 0 Å². The van der Waals surface area contributed by atoms with E-state index < -0.39 is 0 Å². The van der Waals surface area contributed by atoms with E-state index in [0.29, 0.717) is 24.9 Å². The van der Waals surface area contributed by atoms with Crippen molar-refractivity contribution in [3.8, 4) is 0 Å². The zero-order valence-electron chi connectivity index (χ0n) is 13.8. The fourth-order valence-corrected chi connectivity index (χ4v) is 2.90. The van der Waals surface area contributed by atoms with E-state index in [1.54, 1.807) is 0 Å². The van der Waals surface area contributed by atoms with Gasteiger partial charge in [0.25, 0.3) is 0 Å². The van der Waals surface area contributed by atoms with Crippen LogP contribution < -0.4 is 0 Å². The molecule has 1 aliphatic heterocycles. The number of ether oxygens (including phenoxy) is 1. The number of aryl methyl sites for hydroxylation is 1. The smallest absolute Gasteiger partial charge is 0.222 e. The number of hydrogen-bond acceptors (Lipinski definition) is 3. The van der Waals surface area contributed by atoms with Crippen LogP contribution >= 0.6 is 0 Å². The Kier molecular flexibility index (Phi) is 5.04. The summed E-state index contributed by atoms with van der Waals surface area (Å²) in [5.41, 5.74) is 3.35. The quantitative estimate of drug-likeness (QED) is 0.838. The molecule has 1 fully saturated rings. The maximum absolute atomic E-state index is 12.3. The molecule has 0 spiro atoms. The molecule has 0 aromatic carbocycles. The lowest BCUT2D eigenvalue weighted by atomic mass is 10.0. The highest BCUT2D eigenvalue weighted by atomic mass is 16.5. The Morgan fingerprint density at radius 2 is 2.19 bits per heavy atom. The Bertz CT molecular complexity index is 502. The van der Waals surface area contributed by atoms with Gasteiger partial charge in [-0.15, -0.1) is 0 Å². The minimum Gasteiger partial charge on any atom is -0.381 e. The largest absolute Gasteiger partial charge is 0.381 e. The number of amides is 1. The number of rotatable bonds is 5. The predicted molar refractivity (Wildman–Crippen MR) is 82.1 cm³/mol. The lowest BCUT2D eigenvalue weighted by Gasteiger charge is -2.19. The van der Waals surface area contributed by atoms with Gasteiger partial charge in [0, 0.05) is 50.5 Å². The zero-order valence-corrected chi connectivity index (χ0v) is 13.8. The van der Waals surface area contributed by atoms with Gasteiger partial charge in [-0.3, -0.25) is 9.48 Å². The molecule has 0 bridgehead atoms. The van der Waals surface area contributed by atoms with Crippen molar-refractivity contribution in [3.05, 3.63) is 17.0 Å².